The van der Waals surface area contributed by atoms with Gasteiger partial charge in [-0.1, -0.05) is 245 Å². The van der Waals surface area contributed by atoms with E-state index in [0.717, 1.165) is 45.5 Å². The van der Waals surface area contributed by atoms with Gasteiger partial charge in [0.1, 0.15) is 0 Å². The molecule has 0 radical (unpaired) electrons. The van der Waals surface area contributed by atoms with Crippen LogP contribution in [0.25, 0.3) is 0 Å². The van der Waals surface area contributed by atoms with Gasteiger partial charge in [-0.25, -0.2) is 0 Å². The lowest BCUT2D eigenvalue weighted by Gasteiger charge is -2.44. The van der Waals surface area contributed by atoms with Crippen LogP contribution in [0, 0.1) is 0 Å². The third kappa shape index (κ3) is 8.16. The first kappa shape index (κ1) is 51.5. The van der Waals surface area contributed by atoms with Crippen molar-refractivity contribution in [1.82, 2.24) is 0 Å². The van der Waals surface area contributed by atoms with E-state index in [4.69, 9.17) is 0 Å². The first-order valence-electron chi connectivity index (χ1n) is 30.2. The second-order valence-corrected chi connectivity index (χ2v) is 26.2. The summed E-state index contributed by atoms with van der Waals surface area (Å²) in [6.07, 6.45) is 0. The average molecular weight is 1170 g/mol. The summed E-state index contributed by atoms with van der Waals surface area (Å²) < 4.78 is 0. The molecule has 0 unspecified atom stereocenters. The second-order valence-electron chi connectivity index (χ2n) is 23.0. The summed E-state index contributed by atoms with van der Waals surface area (Å²) in [5.74, 6) is 0. The molecule has 0 aliphatic carbocycles. The number of hydrogen-bond acceptors (Lipinski definition) is 7. The summed E-state index contributed by atoms with van der Waals surface area (Å²) in [6.45, 7) is -0.279. The van der Waals surface area contributed by atoms with Crippen molar-refractivity contribution in [3.8, 4) is 0 Å². The van der Waals surface area contributed by atoms with Crippen molar-refractivity contribution in [2.75, 3.05) is 19.6 Å². The molecule has 0 spiro atoms. The van der Waals surface area contributed by atoms with Crippen LogP contribution in [-0.2, 0) is 0 Å². The molecule has 5 aliphatic heterocycles. The Morgan fingerprint density at radius 2 is 0.545 bits per heavy atom. The smallest absolute Gasteiger partial charge is 0.249 e. The second kappa shape index (κ2) is 21.0. The summed E-state index contributed by atoms with van der Waals surface area (Å²) in [6, 6.07) is 115. The molecule has 0 N–H and O–H groups in total. The van der Waals surface area contributed by atoms with Crippen LogP contribution in [0.2, 0.25) is 0 Å². The number of rotatable bonds is 9. The van der Waals surface area contributed by atoms with Gasteiger partial charge in [0.2, 0.25) is 20.1 Å². The highest BCUT2D eigenvalue weighted by molar-refractivity contribution is 8.01. The number of nitrogens with zero attached hydrogens (tertiary/aromatic N) is 4. The maximum atomic E-state index is 2.70. The average Bonchev–Trinajstić information content (AvgIpc) is 0.744. The van der Waals surface area contributed by atoms with Crippen molar-refractivity contribution in [1.29, 1.82) is 0 Å². The van der Waals surface area contributed by atoms with Crippen molar-refractivity contribution in [2.45, 2.75) is 29.4 Å². The lowest BCUT2D eigenvalue weighted by molar-refractivity contribution is 1.22. The number of fused-ring (bicyclic) bond motifs is 10. The lowest BCUT2D eigenvalue weighted by atomic mass is 9.29. The zero-order valence-corrected chi connectivity index (χ0v) is 50.1. The van der Waals surface area contributed by atoms with E-state index in [1.54, 1.807) is 0 Å². The summed E-state index contributed by atoms with van der Waals surface area (Å²) >= 11 is 5.89. The zero-order chi connectivity index (χ0) is 57.8. The van der Waals surface area contributed by atoms with Gasteiger partial charge in [0, 0.05) is 97.6 Å². The van der Waals surface area contributed by atoms with Crippen LogP contribution in [0.1, 0.15) is 0 Å². The minimum Gasteiger partial charge on any atom is -0.311 e. The molecular formula is C78H51B3N4S3. The van der Waals surface area contributed by atoms with Gasteiger partial charge in [-0.3, -0.25) is 0 Å². The molecule has 410 valence electrons. The van der Waals surface area contributed by atoms with Gasteiger partial charge >= 0.3 is 0 Å². The number of para-hydroxylation sites is 8. The Morgan fingerprint density at radius 1 is 0.227 bits per heavy atom. The third-order valence-electron chi connectivity index (χ3n) is 18.2. The third-order valence-corrected chi connectivity index (χ3v) is 21.8. The van der Waals surface area contributed by atoms with E-state index >= 15 is 0 Å². The van der Waals surface area contributed by atoms with Crippen molar-refractivity contribution in [3.05, 3.63) is 309 Å². The SMILES string of the molecule is c1ccc(N(c2ccccc2)c2cc3c4c(c2)N(c2ccccc2)c2ccccc2B4c2cc4c(c(B5c6ccccc6Sc6ccccc65)c2S3)Sc2cc(N(c3ccccc3)c3ccccc3)cc3c2B4c2ccccc2N3c2ccccc2)cc1. The maximum Gasteiger partial charge on any atom is 0.249 e. The van der Waals surface area contributed by atoms with Crippen molar-refractivity contribution in [2.24, 2.45) is 0 Å². The molecule has 13 aromatic carbocycles. The molecule has 18 rings (SSSR count). The predicted octanol–water partition coefficient (Wildman–Crippen LogP) is 15.1. The molecule has 0 fully saturated rings. The summed E-state index contributed by atoms with van der Waals surface area (Å²) in [5.41, 5.74) is 25.8. The minimum absolute atomic E-state index is 0.0830. The van der Waals surface area contributed by atoms with E-state index < -0.39 is 0 Å². The first-order valence-corrected chi connectivity index (χ1v) is 32.6. The van der Waals surface area contributed by atoms with E-state index in [-0.39, 0.29) is 20.1 Å². The molecule has 0 aromatic heterocycles. The Morgan fingerprint density at radius 3 is 0.932 bits per heavy atom. The van der Waals surface area contributed by atoms with Crippen molar-refractivity contribution in [3.63, 3.8) is 0 Å². The molecule has 0 bridgehead atoms. The molecule has 4 nitrogen and oxygen atoms in total. The van der Waals surface area contributed by atoms with Crippen LogP contribution in [-0.4, -0.2) is 20.1 Å². The molecule has 0 saturated carbocycles. The fraction of sp³-hybridized carbons (Fsp3) is 0. The summed E-state index contributed by atoms with van der Waals surface area (Å²) in [4.78, 5) is 17.8. The number of hydrogen-bond donors (Lipinski definition) is 0. The Labute approximate surface area is 527 Å². The van der Waals surface area contributed by atoms with E-state index in [0.29, 0.717) is 0 Å². The highest BCUT2D eigenvalue weighted by Gasteiger charge is 2.49. The molecule has 13 aromatic rings. The normalized spacial score (nSPS) is 13.4. The standard InChI is InChI=1S/C78H51B3N4S3/c1-7-27-52(28-8-1)82(53-29-9-2-10-30-53)58-47-68-74-72(49-58)87-77-64(79(74)60-39-19-23-43-66(60)84(68)56-35-15-5-16-36-56)51-65-78(76(77)81-62-41-21-25-45-70(62)86-71-46-26-22-42-63(71)81)88-73-50-59(83(54-31-11-3-12-32-54)55-33-13-4-14-34-55)48-69-75(73)80(65)61-40-20-24-44-67(61)85(69)57-37-17-6-18-38-57/h1-51H. The lowest BCUT2D eigenvalue weighted by Crippen LogP contribution is -2.68. The van der Waals surface area contributed by atoms with Gasteiger partial charge in [0.25, 0.3) is 0 Å². The minimum atomic E-state index is -0.0981. The van der Waals surface area contributed by atoms with Crippen LogP contribution < -0.4 is 68.8 Å². The van der Waals surface area contributed by atoms with Gasteiger partial charge < -0.3 is 19.6 Å². The molecule has 0 saturated heterocycles. The van der Waals surface area contributed by atoms with Crippen LogP contribution in [0.5, 0.6) is 0 Å². The van der Waals surface area contributed by atoms with Crippen LogP contribution in [0.3, 0.4) is 0 Å². The molecular weight excluding hydrogens is 1120 g/mol. The quantitative estimate of drug-likeness (QED) is 0.132. The molecule has 0 atom stereocenters. The van der Waals surface area contributed by atoms with Gasteiger partial charge in [-0.05, 0) is 149 Å². The monoisotopic (exact) mass is 1170 g/mol. The highest BCUT2D eigenvalue weighted by Crippen LogP contribution is 2.50. The molecule has 10 heteroatoms. The Hall–Kier alpha value is -9.70. The van der Waals surface area contributed by atoms with Gasteiger partial charge in [0.15, 0.2) is 0 Å². The maximum absolute atomic E-state index is 2.70. The van der Waals surface area contributed by atoms with Gasteiger partial charge in [-0.15, -0.1) is 0 Å². The zero-order valence-electron chi connectivity index (χ0n) is 47.7. The van der Waals surface area contributed by atoms with Crippen LogP contribution in [0.15, 0.2) is 339 Å². The predicted molar refractivity (Wildman–Crippen MR) is 377 cm³/mol. The van der Waals surface area contributed by atoms with E-state index in [1.807, 2.05) is 35.3 Å². The Kier molecular flexibility index (Phi) is 12.3. The number of anilines is 12. The highest BCUT2D eigenvalue weighted by atomic mass is 32.2. The molecule has 88 heavy (non-hydrogen) atoms. The van der Waals surface area contributed by atoms with E-state index in [9.17, 15) is 0 Å². The first-order chi connectivity index (χ1) is 43.7. The fourth-order valence-corrected chi connectivity index (χ4v) is 18.6. The van der Waals surface area contributed by atoms with Gasteiger partial charge in [0.05, 0.1) is 0 Å². The van der Waals surface area contributed by atoms with Crippen molar-refractivity contribution >= 4 is 173 Å². The fourth-order valence-electron chi connectivity index (χ4n) is 14.6. The molecule has 5 aliphatic rings. The van der Waals surface area contributed by atoms with Crippen LogP contribution in [0.4, 0.5) is 68.2 Å². The summed E-state index contributed by atoms with van der Waals surface area (Å²) in [5, 5.41) is 0. The van der Waals surface area contributed by atoms with E-state index in [1.165, 1.54) is 101 Å². The van der Waals surface area contributed by atoms with E-state index in [2.05, 4.69) is 329 Å². The molecule has 5 heterocycles. The summed E-state index contributed by atoms with van der Waals surface area (Å²) in [7, 11) is 0. The number of benzene rings is 13. The topological polar surface area (TPSA) is 13.0 Å². The molecule has 0 amide bonds. The van der Waals surface area contributed by atoms with Gasteiger partial charge in [-0.2, -0.15) is 0 Å². The Balaban J connectivity index is 0.962. The van der Waals surface area contributed by atoms with Crippen LogP contribution >= 0.6 is 35.3 Å². The Bertz CT molecular complexity index is 4510. The largest absolute Gasteiger partial charge is 0.311 e. The van der Waals surface area contributed by atoms with Crippen molar-refractivity contribution < 1.29 is 0 Å².